The molecule has 0 fully saturated rings. The molecule has 0 aliphatic rings. The summed E-state index contributed by atoms with van der Waals surface area (Å²) in [5.74, 6) is -1.28. The molecule has 0 radical (unpaired) electrons. The Labute approximate surface area is 109 Å². The van der Waals surface area contributed by atoms with Crippen LogP contribution in [0, 0.1) is 5.82 Å². The van der Waals surface area contributed by atoms with Crippen LogP contribution in [0.15, 0.2) is 12.1 Å². The maximum absolute atomic E-state index is 13.2. The van der Waals surface area contributed by atoms with E-state index in [1.165, 1.54) is 13.8 Å². The van der Waals surface area contributed by atoms with Crippen molar-refractivity contribution in [3.8, 4) is 0 Å². The predicted octanol–water partition coefficient (Wildman–Crippen LogP) is 2.63. The maximum Gasteiger partial charge on any atom is 0.253 e. The standard InChI is InChI=1S/C11H12Cl2FNO2/c1-11(2,17)5-15-10(16)6-3-9(14)8(13)4-7(6)12/h3-4,17H,5H2,1-2H3,(H,15,16). The number of halogens is 3. The molecule has 0 aliphatic heterocycles. The Bertz CT molecular complexity index is 444. The number of hydrogen-bond donors (Lipinski definition) is 2. The molecule has 0 atom stereocenters. The maximum atomic E-state index is 13.2. The van der Waals surface area contributed by atoms with Crippen molar-refractivity contribution in [1.29, 1.82) is 0 Å². The summed E-state index contributed by atoms with van der Waals surface area (Å²) in [7, 11) is 0. The highest BCUT2D eigenvalue weighted by Gasteiger charge is 2.18. The van der Waals surface area contributed by atoms with E-state index in [0.717, 1.165) is 12.1 Å². The molecule has 0 heterocycles. The Balaban J connectivity index is 2.86. The second-order valence-electron chi connectivity index (χ2n) is 4.24. The van der Waals surface area contributed by atoms with Crippen LogP contribution in [0.25, 0.3) is 0 Å². The van der Waals surface area contributed by atoms with Gasteiger partial charge in [0.1, 0.15) is 5.82 Å². The minimum atomic E-state index is -1.05. The van der Waals surface area contributed by atoms with Crippen LogP contribution in [-0.4, -0.2) is 23.2 Å². The molecule has 0 bridgehead atoms. The zero-order chi connectivity index (χ0) is 13.2. The molecule has 0 saturated heterocycles. The van der Waals surface area contributed by atoms with Gasteiger partial charge in [0.25, 0.3) is 5.91 Å². The van der Waals surface area contributed by atoms with Gasteiger partial charge >= 0.3 is 0 Å². The van der Waals surface area contributed by atoms with E-state index in [4.69, 9.17) is 23.2 Å². The van der Waals surface area contributed by atoms with Crippen molar-refractivity contribution in [2.45, 2.75) is 19.4 Å². The van der Waals surface area contributed by atoms with Crippen LogP contribution in [0.2, 0.25) is 10.0 Å². The summed E-state index contributed by atoms with van der Waals surface area (Å²) in [6.45, 7) is 3.11. The topological polar surface area (TPSA) is 49.3 Å². The van der Waals surface area contributed by atoms with Gasteiger partial charge in [-0.3, -0.25) is 4.79 Å². The molecular weight excluding hydrogens is 268 g/mol. The van der Waals surface area contributed by atoms with Crippen LogP contribution in [0.3, 0.4) is 0 Å². The third-order valence-corrected chi connectivity index (χ3v) is 2.54. The van der Waals surface area contributed by atoms with Crippen LogP contribution in [-0.2, 0) is 0 Å². The van der Waals surface area contributed by atoms with E-state index < -0.39 is 17.3 Å². The van der Waals surface area contributed by atoms with E-state index in [9.17, 15) is 14.3 Å². The van der Waals surface area contributed by atoms with Crippen LogP contribution < -0.4 is 5.32 Å². The van der Waals surface area contributed by atoms with E-state index in [-0.39, 0.29) is 22.2 Å². The summed E-state index contributed by atoms with van der Waals surface area (Å²) in [5.41, 5.74) is -1.06. The van der Waals surface area contributed by atoms with Gasteiger partial charge in [-0.2, -0.15) is 0 Å². The van der Waals surface area contributed by atoms with Gasteiger partial charge in [-0.25, -0.2) is 4.39 Å². The zero-order valence-electron chi connectivity index (χ0n) is 9.35. The number of carbonyl (C=O) groups excluding carboxylic acids is 1. The third kappa shape index (κ3) is 4.15. The fraction of sp³-hybridized carbons (Fsp3) is 0.364. The quantitative estimate of drug-likeness (QED) is 0.836. The fourth-order valence-electron chi connectivity index (χ4n) is 1.09. The molecule has 17 heavy (non-hydrogen) atoms. The van der Waals surface area contributed by atoms with Crippen molar-refractivity contribution in [2.24, 2.45) is 0 Å². The smallest absolute Gasteiger partial charge is 0.253 e. The van der Waals surface area contributed by atoms with Crippen LogP contribution in [0.1, 0.15) is 24.2 Å². The third-order valence-electron chi connectivity index (χ3n) is 1.94. The van der Waals surface area contributed by atoms with Crippen molar-refractivity contribution in [1.82, 2.24) is 5.32 Å². The highest BCUT2D eigenvalue weighted by atomic mass is 35.5. The van der Waals surface area contributed by atoms with Gasteiger partial charge in [-0.15, -0.1) is 0 Å². The van der Waals surface area contributed by atoms with Gasteiger partial charge < -0.3 is 10.4 Å². The van der Waals surface area contributed by atoms with Gasteiger partial charge in [0.2, 0.25) is 0 Å². The summed E-state index contributed by atoms with van der Waals surface area (Å²) in [6.07, 6.45) is 0. The van der Waals surface area contributed by atoms with Gasteiger partial charge in [0.15, 0.2) is 0 Å². The number of nitrogens with one attached hydrogen (secondary N) is 1. The second kappa shape index (κ2) is 5.21. The van der Waals surface area contributed by atoms with E-state index in [0.29, 0.717) is 0 Å². The predicted molar refractivity (Wildman–Crippen MR) is 65.1 cm³/mol. The number of hydrogen-bond acceptors (Lipinski definition) is 2. The summed E-state index contributed by atoms with van der Waals surface area (Å²) in [5, 5.41) is 11.8. The SMILES string of the molecule is CC(C)(O)CNC(=O)c1cc(F)c(Cl)cc1Cl. The first-order valence-electron chi connectivity index (χ1n) is 4.86. The molecule has 1 aromatic carbocycles. The largest absolute Gasteiger partial charge is 0.389 e. The Morgan fingerprint density at radius 3 is 2.53 bits per heavy atom. The molecule has 94 valence electrons. The van der Waals surface area contributed by atoms with Crippen molar-refractivity contribution < 1.29 is 14.3 Å². The first-order valence-corrected chi connectivity index (χ1v) is 5.61. The average Bonchev–Trinajstić information content (AvgIpc) is 2.19. The van der Waals surface area contributed by atoms with Crippen molar-refractivity contribution in [2.75, 3.05) is 6.54 Å². The molecule has 1 aromatic rings. The number of rotatable bonds is 3. The van der Waals surface area contributed by atoms with Gasteiger partial charge in [-0.05, 0) is 26.0 Å². The van der Waals surface area contributed by atoms with Crippen molar-refractivity contribution in [3.63, 3.8) is 0 Å². The molecule has 0 spiro atoms. The molecule has 0 aliphatic carbocycles. The van der Waals surface area contributed by atoms with Gasteiger partial charge in [0, 0.05) is 6.54 Å². The van der Waals surface area contributed by atoms with Gasteiger partial charge in [-0.1, -0.05) is 23.2 Å². The first kappa shape index (κ1) is 14.2. The molecule has 3 nitrogen and oxygen atoms in total. The highest BCUT2D eigenvalue weighted by Crippen LogP contribution is 2.24. The Morgan fingerprint density at radius 1 is 1.41 bits per heavy atom. The Kier molecular flexibility index (Phi) is 4.36. The van der Waals surface area contributed by atoms with E-state index >= 15 is 0 Å². The van der Waals surface area contributed by atoms with Crippen molar-refractivity contribution >= 4 is 29.1 Å². The monoisotopic (exact) mass is 279 g/mol. The highest BCUT2D eigenvalue weighted by molar-refractivity contribution is 6.36. The lowest BCUT2D eigenvalue weighted by molar-refractivity contribution is 0.0694. The molecule has 1 amide bonds. The summed E-state index contributed by atoms with van der Waals surface area (Å²) < 4.78 is 13.2. The molecular formula is C11H12Cl2FNO2. The lowest BCUT2D eigenvalue weighted by atomic mass is 10.1. The molecule has 2 N–H and O–H groups in total. The lowest BCUT2D eigenvalue weighted by Gasteiger charge is -2.17. The number of aliphatic hydroxyl groups is 1. The summed E-state index contributed by atoms with van der Waals surface area (Å²) in [6, 6.07) is 2.13. The summed E-state index contributed by atoms with van der Waals surface area (Å²) >= 11 is 11.3. The average molecular weight is 280 g/mol. The second-order valence-corrected chi connectivity index (χ2v) is 5.06. The number of carbonyl (C=O) groups is 1. The fourth-order valence-corrected chi connectivity index (χ4v) is 1.56. The van der Waals surface area contributed by atoms with Crippen LogP contribution >= 0.6 is 23.2 Å². The minimum Gasteiger partial charge on any atom is -0.389 e. The minimum absolute atomic E-state index is 0.0159. The van der Waals surface area contributed by atoms with E-state index in [2.05, 4.69) is 5.32 Å². The normalized spacial score (nSPS) is 11.4. The van der Waals surface area contributed by atoms with Crippen molar-refractivity contribution in [3.05, 3.63) is 33.6 Å². The molecule has 0 aromatic heterocycles. The van der Waals surface area contributed by atoms with Crippen LogP contribution in [0.4, 0.5) is 4.39 Å². The van der Waals surface area contributed by atoms with Crippen LogP contribution in [0.5, 0.6) is 0 Å². The van der Waals surface area contributed by atoms with Gasteiger partial charge in [0.05, 0.1) is 21.2 Å². The molecule has 6 heteroatoms. The number of benzene rings is 1. The molecule has 1 rings (SSSR count). The van der Waals surface area contributed by atoms with E-state index in [1.54, 1.807) is 0 Å². The van der Waals surface area contributed by atoms with E-state index in [1.807, 2.05) is 0 Å². The Morgan fingerprint density at radius 2 is 2.00 bits per heavy atom. The lowest BCUT2D eigenvalue weighted by Crippen LogP contribution is -2.38. The summed E-state index contributed by atoms with van der Waals surface area (Å²) in [4.78, 5) is 11.7. The zero-order valence-corrected chi connectivity index (χ0v) is 10.9. The Hall–Kier alpha value is -0.840. The molecule has 0 saturated carbocycles. The first-order chi connectivity index (χ1) is 7.70. The number of amides is 1. The molecule has 0 unspecified atom stereocenters.